The van der Waals surface area contributed by atoms with E-state index < -0.39 is 16.6 Å². The van der Waals surface area contributed by atoms with Gasteiger partial charge in [0.1, 0.15) is 0 Å². The number of aromatic amines is 1. The van der Waals surface area contributed by atoms with E-state index in [1.165, 1.54) is 11.3 Å². The molecule has 0 saturated heterocycles. The Kier molecular flexibility index (Phi) is 3.61. The van der Waals surface area contributed by atoms with E-state index in [1.807, 2.05) is 13.8 Å². The molecule has 2 aromatic rings. The molecular weight excluding hydrogens is 288 g/mol. The van der Waals surface area contributed by atoms with Gasteiger partial charge in [-0.3, -0.25) is 9.82 Å². The topological polar surface area (TPSA) is 108 Å². The van der Waals surface area contributed by atoms with Gasteiger partial charge in [0.2, 0.25) is 5.03 Å². The lowest BCUT2D eigenvalue weighted by atomic mass is 10.3. The maximum absolute atomic E-state index is 12.2. The summed E-state index contributed by atoms with van der Waals surface area (Å²) in [6, 6.07) is 0. The predicted octanol–water partition coefficient (Wildman–Crippen LogP) is 1.08. The molecule has 0 atom stereocenters. The van der Waals surface area contributed by atoms with Crippen molar-refractivity contribution >= 4 is 26.5 Å². The second-order valence-electron chi connectivity index (χ2n) is 4.06. The molecule has 7 nitrogen and oxygen atoms in total. The molecule has 0 spiro atoms. The highest BCUT2D eigenvalue weighted by Gasteiger charge is 2.24. The number of nitrogens with one attached hydrogen (secondary N) is 2. The molecule has 0 aliphatic rings. The van der Waals surface area contributed by atoms with Gasteiger partial charge in [-0.2, -0.15) is 13.5 Å². The van der Waals surface area contributed by atoms with Crippen molar-refractivity contribution in [1.29, 1.82) is 0 Å². The molecule has 0 fully saturated rings. The van der Waals surface area contributed by atoms with Gasteiger partial charge in [0.15, 0.2) is 5.13 Å². The average molecular weight is 302 g/mol. The standard InChI is InChI=1S/C10H14N4O3S2/c1-5-7(3)18-10(11-5)14-19(16,17)9-8(4-15)6(2)12-13-9/h15H,4H2,1-3H3,(H,11,14)(H,12,13). The quantitative estimate of drug-likeness (QED) is 0.783. The first-order valence-electron chi connectivity index (χ1n) is 5.46. The Labute approximate surface area is 114 Å². The minimum absolute atomic E-state index is 0.196. The molecular formula is C10H14N4O3S2. The van der Waals surface area contributed by atoms with Crippen molar-refractivity contribution in [3.05, 3.63) is 21.8 Å². The lowest BCUT2D eigenvalue weighted by Crippen LogP contribution is -2.15. The summed E-state index contributed by atoms with van der Waals surface area (Å²) in [5.74, 6) is 0. The van der Waals surface area contributed by atoms with Crippen LogP contribution < -0.4 is 4.72 Å². The molecule has 3 N–H and O–H groups in total. The molecule has 9 heteroatoms. The molecule has 0 radical (unpaired) electrons. The highest BCUT2D eigenvalue weighted by atomic mass is 32.2. The van der Waals surface area contributed by atoms with Crippen LogP contribution in [0, 0.1) is 20.8 Å². The maximum Gasteiger partial charge on any atom is 0.283 e. The van der Waals surface area contributed by atoms with Gasteiger partial charge in [-0.1, -0.05) is 0 Å². The van der Waals surface area contributed by atoms with Crippen molar-refractivity contribution in [3.63, 3.8) is 0 Å². The summed E-state index contributed by atoms with van der Waals surface area (Å²) >= 11 is 1.25. The third-order valence-electron chi connectivity index (χ3n) is 2.70. The molecule has 19 heavy (non-hydrogen) atoms. The first-order chi connectivity index (χ1) is 8.85. The molecule has 0 aliphatic carbocycles. The van der Waals surface area contributed by atoms with Crippen LogP contribution in [0.25, 0.3) is 0 Å². The minimum Gasteiger partial charge on any atom is -0.392 e. The number of aromatic nitrogens is 3. The zero-order chi connectivity index (χ0) is 14.2. The zero-order valence-electron chi connectivity index (χ0n) is 10.7. The fourth-order valence-corrected chi connectivity index (χ4v) is 3.76. The summed E-state index contributed by atoms with van der Waals surface area (Å²) < 4.78 is 26.7. The van der Waals surface area contributed by atoms with Crippen molar-refractivity contribution in [2.45, 2.75) is 32.4 Å². The summed E-state index contributed by atoms with van der Waals surface area (Å²) in [6.07, 6.45) is 0. The van der Waals surface area contributed by atoms with Gasteiger partial charge in [-0.25, -0.2) is 4.98 Å². The highest BCUT2D eigenvalue weighted by molar-refractivity contribution is 7.92. The Morgan fingerprint density at radius 2 is 2.05 bits per heavy atom. The molecule has 0 saturated carbocycles. The Balaban J connectivity index is 2.37. The van der Waals surface area contributed by atoms with Crippen LogP contribution in [0.15, 0.2) is 5.03 Å². The van der Waals surface area contributed by atoms with Crippen molar-refractivity contribution < 1.29 is 13.5 Å². The molecule has 0 unspecified atom stereocenters. The van der Waals surface area contributed by atoms with Crippen LogP contribution in [-0.2, 0) is 16.6 Å². The van der Waals surface area contributed by atoms with E-state index in [4.69, 9.17) is 0 Å². The van der Waals surface area contributed by atoms with Gasteiger partial charge in [0, 0.05) is 16.1 Å². The summed E-state index contributed by atoms with van der Waals surface area (Å²) in [7, 11) is -3.84. The number of rotatable bonds is 4. The van der Waals surface area contributed by atoms with Crippen LogP contribution in [0.1, 0.15) is 21.8 Å². The van der Waals surface area contributed by atoms with Crippen LogP contribution in [0.3, 0.4) is 0 Å². The van der Waals surface area contributed by atoms with Crippen LogP contribution in [0.2, 0.25) is 0 Å². The molecule has 0 aliphatic heterocycles. The van der Waals surface area contributed by atoms with E-state index in [1.54, 1.807) is 6.92 Å². The number of anilines is 1. The molecule has 2 rings (SSSR count). The molecule has 0 aromatic carbocycles. The van der Waals surface area contributed by atoms with E-state index in [9.17, 15) is 13.5 Å². The van der Waals surface area contributed by atoms with Gasteiger partial charge in [0.05, 0.1) is 12.3 Å². The molecule has 0 bridgehead atoms. The fourth-order valence-electron chi connectivity index (χ4n) is 1.52. The van der Waals surface area contributed by atoms with Crippen LogP contribution in [0.4, 0.5) is 5.13 Å². The van der Waals surface area contributed by atoms with Crippen LogP contribution in [0.5, 0.6) is 0 Å². The van der Waals surface area contributed by atoms with Crippen molar-refractivity contribution in [1.82, 2.24) is 15.2 Å². The highest BCUT2D eigenvalue weighted by Crippen LogP contribution is 2.25. The zero-order valence-corrected chi connectivity index (χ0v) is 12.3. The summed E-state index contributed by atoms with van der Waals surface area (Å²) in [5, 5.41) is 15.6. The summed E-state index contributed by atoms with van der Waals surface area (Å²) in [5.41, 5.74) is 1.56. The average Bonchev–Trinajstić information content (AvgIpc) is 2.82. The molecule has 2 heterocycles. The molecule has 2 aromatic heterocycles. The van der Waals surface area contributed by atoms with Crippen LogP contribution >= 0.6 is 11.3 Å². The van der Waals surface area contributed by atoms with Gasteiger partial charge in [-0.05, 0) is 20.8 Å². The number of H-pyrrole nitrogens is 1. The first kappa shape index (κ1) is 14.0. The number of sulfonamides is 1. The third-order valence-corrected chi connectivity index (χ3v) is 5.13. The SMILES string of the molecule is Cc1nc(NS(=O)(=O)c2n[nH]c(C)c2CO)sc1C. The van der Waals surface area contributed by atoms with Gasteiger partial charge >= 0.3 is 0 Å². The van der Waals surface area contributed by atoms with Gasteiger partial charge < -0.3 is 5.11 Å². The monoisotopic (exact) mass is 302 g/mol. The lowest BCUT2D eigenvalue weighted by molar-refractivity contribution is 0.277. The third kappa shape index (κ3) is 2.62. The number of aliphatic hydroxyl groups excluding tert-OH is 1. The van der Waals surface area contributed by atoms with E-state index in [0.29, 0.717) is 10.8 Å². The Morgan fingerprint density at radius 3 is 2.58 bits per heavy atom. The first-order valence-corrected chi connectivity index (χ1v) is 7.76. The Morgan fingerprint density at radius 1 is 1.37 bits per heavy atom. The maximum atomic E-state index is 12.2. The largest absolute Gasteiger partial charge is 0.392 e. The smallest absolute Gasteiger partial charge is 0.283 e. The number of aliphatic hydroxyl groups is 1. The molecule has 0 amide bonds. The van der Waals surface area contributed by atoms with Crippen molar-refractivity contribution in [2.75, 3.05) is 4.72 Å². The molecule has 104 valence electrons. The van der Waals surface area contributed by atoms with E-state index in [2.05, 4.69) is 19.9 Å². The number of hydrogen-bond donors (Lipinski definition) is 3. The number of aryl methyl sites for hydroxylation is 3. The normalized spacial score (nSPS) is 11.8. The number of thiazole rings is 1. The summed E-state index contributed by atoms with van der Waals surface area (Å²) in [4.78, 5) is 5.05. The predicted molar refractivity (Wildman–Crippen MR) is 71.6 cm³/mol. The second kappa shape index (κ2) is 4.91. The van der Waals surface area contributed by atoms with E-state index in [-0.39, 0.29) is 10.6 Å². The van der Waals surface area contributed by atoms with Crippen molar-refractivity contribution in [3.8, 4) is 0 Å². The van der Waals surface area contributed by atoms with E-state index >= 15 is 0 Å². The van der Waals surface area contributed by atoms with Crippen LogP contribution in [-0.4, -0.2) is 28.7 Å². The second-order valence-corrected chi connectivity index (χ2v) is 6.86. The minimum atomic E-state index is -3.84. The number of nitrogens with zero attached hydrogens (tertiary/aromatic N) is 2. The van der Waals surface area contributed by atoms with Gasteiger partial charge in [-0.15, -0.1) is 11.3 Å². The van der Waals surface area contributed by atoms with Crippen molar-refractivity contribution in [2.24, 2.45) is 0 Å². The lowest BCUT2D eigenvalue weighted by Gasteiger charge is -2.03. The summed E-state index contributed by atoms with van der Waals surface area (Å²) in [6.45, 7) is 4.92. The number of hydrogen-bond acceptors (Lipinski definition) is 6. The van der Waals surface area contributed by atoms with Gasteiger partial charge in [0.25, 0.3) is 10.0 Å². The Hall–Kier alpha value is -1.45. The van der Waals surface area contributed by atoms with E-state index in [0.717, 1.165) is 10.6 Å². The Bertz CT molecular complexity index is 683. The fraction of sp³-hybridized carbons (Fsp3) is 0.400.